The predicted octanol–water partition coefficient (Wildman–Crippen LogP) is 0.640. The van der Waals surface area contributed by atoms with Crippen LogP contribution >= 0.6 is 11.8 Å². The van der Waals surface area contributed by atoms with Crippen molar-refractivity contribution in [3.05, 3.63) is 35.4 Å². The molecule has 1 saturated heterocycles. The molecule has 1 aromatic carbocycles. The normalized spacial score (nSPS) is 29.4. The van der Waals surface area contributed by atoms with Crippen molar-refractivity contribution in [2.75, 3.05) is 11.5 Å². The number of hydrogen-bond acceptors (Lipinski definition) is 4. The van der Waals surface area contributed by atoms with Crippen molar-refractivity contribution in [2.45, 2.75) is 24.5 Å². The standard InChI is InChI=1S/C14H16N2O3S/c15-10-5-8-3-1-2-4-9(8)11-6-20-7-12(14(18)19)16(11)13(10)17/h1-4,10-12H,5-7,15H2,(H,18,19)/t10-,11+,12-/m1/s1. The van der Waals surface area contributed by atoms with Gasteiger partial charge in [-0.05, 0) is 17.5 Å². The molecule has 0 aromatic heterocycles. The lowest BCUT2D eigenvalue weighted by molar-refractivity contribution is -0.151. The molecule has 5 nitrogen and oxygen atoms in total. The average Bonchev–Trinajstić information content (AvgIpc) is 2.55. The van der Waals surface area contributed by atoms with Gasteiger partial charge in [0.1, 0.15) is 6.04 Å². The van der Waals surface area contributed by atoms with Crippen molar-refractivity contribution in [3.8, 4) is 0 Å². The zero-order valence-corrected chi connectivity index (χ0v) is 11.7. The molecule has 0 radical (unpaired) electrons. The highest BCUT2D eigenvalue weighted by atomic mass is 32.2. The fourth-order valence-electron chi connectivity index (χ4n) is 2.97. The van der Waals surface area contributed by atoms with Gasteiger partial charge in [-0.3, -0.25) is 4.79 Å². The average molecular weight is 292 g/mol. The van der Waals surface area contributed by atoms with E-state index in [1.807, 2.05) is 24.3 Å². The van der Waals surface area contributed by atoms with Gasteiger partial charge in [-0.15, -0.1) is 0 Å². The first kappa shape index (κ1) is 13.5. The SMILES string of the molecule is N[C@@H]1Cc2ccccc2[C@@H]2CSC[C@H](C(=O)O)N2C1=O. The van der Waals surface area contributed by atoms with E-state index in [0.29, 0.717) is 12.2 Å². The molecular weight excluding hydrogens is 276 g/mol. The molecule has 1 fully saturated rings. The molecule has 0 unspecified atom stereocenters. The molecule has 3 rings (SSSR count). The van der Waals surface area contributed by atoms with E-state index in [1.54, 1.807) is 11.8 Å². The zero-order chi connectivity index (χ0) is 14.3. The molecule has 2 heterocycles. The second kappa shape index (κ2) is 5.10. The monoisotopic (exact) mass is 292 g/mol. The number of carbonyl (C=O) groups excluding carboxylic acids is 1. The Morgan fingerprint density at radius 3 is 2.85 bits per heavy atom. The minimum absolute atomic E-state index is 0.188. The van der Waals surface area contributed by atoms with Gasteiger partial charge < -0.3 is 15.7 Å². The summed E-state index contributed by atoms with van der Waals surface area (Å²) in [6, 6.07) is 6.16. The van der Waals surface area contributed by atoms with E-state index in [0.717, 1.165) is 16.9 Å². The van der Waals surface area contributed by atoms with Crippen LogP contribution in [0.1, 0.15) is 17.2 Å². The maximum atomic E-state index is 12.5. The van der Waals surface area contributed by atoms with E-state index in [9.17, 15) is 14.7 Å². The van der Waals surface area contributed by atoms with Crippen molar-refractivity contribution in [3.63, 3.8) is 0 Å². The number of carbonyl (C=O) groups is 2. The number of aliphatic carboxylic acids is 1. The highest BCUT2D eigenvalue weighted by Crippen LogP contribution is 2.37. The lowest BCUT2D eigenvalue weighted by Crippen LogP contribution is -2.55. The third kappa shape index (κ3) is 2.09. The van der Waals surface area contributed by atoms with E-state index in [2.05, 4.69) is 0 Å². The second-order valence-corrected chi connectivity index (χ2v) is 6.24. The van der Waals surface area contributed by atoms with E-state index >= 15 is 0 Å². The Hall–Kier alpha value is -1.53. The Morgan fingerprint density at radius 2 is 2.10 bits per heavy atom. The smallest absolute Gasteiger partial charge is 0.327 e. The van der Waals surface area contributed by atoms with Crippen LogP contribution in [0, 0.1) is 0 Å². The molecule has 0 saturated carbocycles. The molecule has 1 aromatic rings. The summed E-state index contributed by atoms with van der Waals surface area (Å²) in [5, 5.41) is 9.37. The minimum Gasteiger partial charge on any atom is -0.480 e. The largest absolute Gasteiger partial charge is 0.480 e. The summed E-state index contributed by atoms with van der Waals surface area (Å²) in [5.41, 5.74) is 8.05. The van der Waals surface area contributed by atoms with Crippen LogP contribution < -0.4 is 5.73 Å². The van der Waals surface area contributed by atoms with Crippen molar-refractivity contribution in [1.82, 2.24) is 4.90 Å². The summed E-state index contributed by atoms with van der Waals surface area (Å²) in [4.78, 5) is 25.4. The summed E-state index contributed by atoms with van der Waals surface area (Å²) in [6.45, 7) is 0. The Morgan fingerprint density at radius 1 is 1.35 bits per heavy atom. The van der Waals surface area contributed by atoms with E-state index in [-0.39, 0.29) is 11.9 Å². The quantitative estimate of drug-likeness (QED) is 0.793. The van der Waals surface area contributed by atoms with Crippen molar-refractivity contribution in [1.29, 1.82) is 0 Å². The highest BCUT2D eigenvalue weighted by Gasteiger charge is 2.43. The van der Waals surface area contributed by atoms with Crippen LogP contribution in [0.15, 0.2) is 24.3 Å². The van der Waals surface area contributed by atoms with Crippen LogP contribution in [-0.4, -0.2) is 45.5 Å². The number of carboxylic acids is 1. The number of fused-ring (bicyclic) bond motifs is 3. The number of benzene rings is 1. The van der Waals surface area contributed by atoms with Crippen LogP contribution in [0.2, 0.25) is 0 Å². The van der Waals surface area contributed by atoms with Gasteiger partial charge in [0.2, 0.25) is 5.91 Å². The zero-order valence-electron chi connectivity index (χ0n) is 10.9. The Kier molecular flexibility index (Phi) is 3.43. The predicted molar refractivity (Wildman–Crippen MR) is 76.5 cm³/mol. The molecule has 106 valence electrons. The summed E-state index contributed by atoms with van der Waals surface area (Å²) < 4.78 is 0. The van der Waals surface area contributed by atoms with Gasteiger partial charge in [0, 0.05) is 11.5 Å². The number of nitrogens with zero attached hydrogens (tertiary/aromatic N) is 1. The molecule has 2 aliphatic heterocycles. The van der Waals surface area contributed by atoms with Crippen LogP contribution in [0.25, 0.3) is 0 Å². The molecule has 3 atom stereocenters. The summed E-state index contributed by atoms with van der Waals surface area (Å²) >= 11 is 1.58. The van der Waals surface area contributed by atoms with Crippen LogP contribution in [0.4, 0.5) is 0 Å². The van der Waals surface area contributed by atoms with Gasteiger partial charge in [-0.2, -0.15) is 11.8 Å². The molecule has 0 aliphatic carbocycles. The maximum Gasteiger partial charge on any atom is 0.327 e. The number of carboxylic acid groups (broad SMARTS) is 1. The lowest BCUT2D eigenvalue weighted by atomic mass is 9.98. The number of hydrogen-bond donors (Lipinski definition) is 2. The number of nitrogens with two attached hydrogens (primary N) is 1. The summed E-state index contributed by atoms with van der Waals surface area (Å²) in [5.74, 6) is -0.0628. The van der Waals surface area contributed by atoms with Crippen molar-refractivity contribution in [2.24, 2.45) is 5.73 Å². The summed E-state index contributed by atoms with van der Waals surface area (Å²) in [6.07, 6.45) is 0.471. The topological polar surface area (TPSA) is 83.6 Å². The lowest BCUT2D eigenvalue weighted by Gasteiger charge is -2.40. The Bertz CT molecular complexity index is 563. The van der Waals surface area contributed by atoms with Gasteiger partial charge in [-0.25, -0.2) is 4.79 Å². The van der Waals surface area contributed by atoms with Gasteiger partial charge in [0.05, 0.1) is 12.1 Å². The Balaban J connectivity index is 2.10. The Labute approximate surface area is 121 Å². The minimum atomic E-state index is -0.956. The molecule has 0 spiro atoms. The van der Waals surface area contributed by atoms with Crippen LogP contribution in [0.5, 0.6) is 0 Å². The van der Waals surface area contributed by atoms with E-state index < -0.39 is 18.1 Å². The maximum absolute atomic E-state index is 12.5. The fraction of sp³-hybridized carbons (Fsp3) is 0.429. The fourth-order valence-corrected chi connectivity index (χ4v) is 4.19. The highest BCUT2D eigenvalue weighted by molar-refractivity contribution is 7.99. The number of amides is 1. The number of rotatable bonds is 1. The first-order chi connectivity index (χ1) is 9.59. The van der Waals surface area contributed by atoms with Crippen molar-refractivity contribution >= 4 is 23.6 Å². The molecule has 20 heavy (non-hydrogen) atoms. The molecule has 0 bridgehead atoms. The van der Waals surface area contributed by atoms with Gasteiger partial charge >= 0.3 is 5.97 Å². The number of thioether (sulfide) groups is 1. The molecule has 6 heteroatoms. The molecule has 2 aliphatic rings. The van der Waals surface area contributed by atoms with Crippen LogP contribution in [0.3, 0.4) is 0 Å². The third-order valence-electron chi connectivity index (χ3n) is 3.93. The first-order valence-corrected chi connectivity index (χ1v) is 7.71. The first-order valence-electron chi connectivity index (χ1n) is 6.55. The van der Waals surface area contributed by atoms with Crippen LogP contribution in [-0.2, 0) is 16.0 Å². The van der Waals surface area contributed by atoms with Gasteiger partial charge in [-0.1, -0.05) is 24.3 Å². The third-order valence-corrected chi connectivity index (χ3v) is 5.04. The van der Waals surface area contributed by atoms with Gasteiger partial charge in [0.25, 0.3) is 0 Å². The van der Waals surface area contributed by atoms with E-state index in [4.69, 9.17) is 5.73 Å². The van der Waals surface area contributed by atoms with E-state index in [1.165, 1.54) is 4.90 Å². The molecule has 1 amide bonds. The van der Waals surface area contributed by atoms with Crippen molar-refractivity contribution < 1.29 is 14.7 Å². The molecule has 3 N–H and O–H groups in total. The second-order valence-electron chi connectivity index (χ2n) is 5.16. The summed E-state index contributed by atoms with van der Waals surface area (Å²) in [7, 11) is 0. The van der Waals surface area contributed by atoms with Gasteiger partial charge in [0.15, 0.2) is 0 Å². The molecular formula is C14H16N2O3S.